The minimum atomic E-state index is -0.363. The zero-order chi connectivity index (χ0) is 10.1. The summed E-state index contributed by atoms with van der Waals surface area (Å²) >= 11 is 5.28. The van der Waals surface area contributed by atoms with Crippen molar-refractivity contribution in [2.24, 2.45) is 0 Å². The van der Waals surface area contributed by atoms with Crippen LogP contribution >= 0.6 is 38.5 Å². The van der Waals surface area contributed by atoms with Crippen LogP contribution in [-0.4, -0.2) is 13.2 Å². The standard InChI is InChI=1S/C9H7BrFIO2/c10-7-5(9-13-3-4-14-9)1-2-6(11)8(7)12/h1-2,9H,3-4H2. The Morgan fingerprint density at radius 3 is 2.64 bits per heavy atom. The lowest BCUT2D eigenvalue weighted by atomic mass is 10.2. The van der Waals surface area contributed by atoms with Crippen molar-refractivity contribution in [2.45, 2.75) is 6.29 Å². The van der Waals surface area contributed by atoms with Crippen LogP contribution in [0.25, 0.3) is 0 Å². The molecule has 2 nitrogen and oxygen atoms in total. The van der Waals surface area contributed by atoms with Crippen LogP contribution < -0.4 is 0 Å². The van der Waals surface area contributed by atoms with E-state index in [1.165, 1.54) is 6.07 Å². The van der Waals surface area contributed by atoms with Gasteiger partial charge in [0.1, 0.15) is 5.82 Å². The maximum atomic E-state index is 13.1. The van der Waals surface area contributed by atoms with Crippen molar-refractivity contribution in [3.63, 3.8) is 0 Å². The summed E-state index contributed by atoms with van der Waals surface area (Å²) < 4.78 is 25.1. The van der Waals surface area contributed by atoms with Crippen molar-refractivity contribution >= 4 is 38.5 Å². The van der Waals surface area contributed by atoms with Crippen LogP contribution in [0.3, 0.4) is 0 Å². The third kappa shape index (κ3) is 1.95. The van der Waals surface area contributed by atoms with Gasteiger partial charge in [-0.3, -0.25) is 0 Å². The second-order valence-corrected chi connectivity index (χ2v) is 4.71. The van der Waals surface area contributed by atoms with Gasteiger partial charge in [-0.1, -0.05) is 0 Å². The summed E-state index contributed by atoms with van der Waals surface area (Å²) in [5.74, 6) is -0.237. The second kappa shape index (κ2) is 4.42. The monoisotopic (exact) mass is 372 g/mol. The quantitative estimate of drug-likeness (QED) is 0.556. The Morgan fingerprint density at radius 2 is 2.00 bits per heavy atom. The van der Waals surface area contributed by atoms with E-state index in [2.05, 4.69) is 15.9 Å². The molecular formula is C9H7BrFIO2. The zero-order valence-corrected chi connectivity index (χ0v) is 10.8. The number of ether oxygens (including phenoxy) is 2. The van der Waals surface area contributed by atoms with Crippen molar-refractivity contribution in [3.05, 3.63) is 31.6 Å². The Hall–Kier alpha value is 0.280. The summed E-state index contributed by atoms with van der Waals surface area (Å²) in [4.78, 5) is 0. The molecule has 2 rings (SSSR count). The highest BCUT2D eigenvalue weighted by Crippen LogP contribution is 2.33. The topological polar surface area (TPSA) is 18.5 Å². The van der Waals surface area contributed by atoms with Crippen LogP contribution in [0.4, 0.5) is 4.39 Å². The number of benzene rings is 1. The Kier molecular flexibility index (Phi) is 3.41. The van der Waals surface area contributed by atoms with Crippen LogP contribution in [0.2, 0.25) is 0 Å². The molecule has 1 aliphatic heterocycles. The Labute approximate surface area is 103 Å². The van der Waals surface area contributed by atoms with Gasteiger partial charge in [0.05, 0.1) is 16.8 Å². The number of hydrogen-bond donors (Lipinski definition) is 0. The lowest BCUT2D eigenvalue weighted by Crippen LogP contribution is -2.01. The van der Waals surface area contributed by atoms with E-state index in [-0.39, 0.29) is 12.1 Å². The third-order valence-electron chi connectivity index (χ3n) is 1.94. The molecule has 1 aromatic rings. The normalized spacial score (nSPS) is 17.6. The van der Waals surface area contributed by atoms with Gasteiger partial charge in [-0.05, 0) is 50.7 Å². The Bertz CT molecular complexity index is 353. The van der Waals surface area contributed by atoms with E-state index in [9.17, 15) is 4.39 Å². The summed E-state index contributed by atoms with van der Waals surface area (Å²) in [6, 6.07) is 3.10. The van der Waals surface area contributed by atoms with Crippen molar-refractivity contribution in [2.75, 3.05) is 13.2 Å². The van der Waals surface area contributed by atoms with Gasteiger partial charge in [0.2, 0.25) is 0 Å². The van der Waals surface area contributed by atoms with E-state index >= 15 is 0 Å². The third-order valence-corrected chi connectivity index (χ3v) is 4.59. The van der Waals surface area contributed by atoms with E-state index in [1.807, 2.05) is 22.6 Å². The molecule has 0 aromatic heterocycles. The van der Waals surface area contributed by atoms with Gasteiger partial charge >= 0.3 is 0 Å². The maximum Gasteiger partial charge on any atom is 0.185 e. The smallest absolute Gasteiger partial charge is 0.185 e. The highest BCUT2D eigenvalue weighted by Gasteiger charge is 2.22. The molecule has 1 aliphatic rings. The molecule has 1 aromatic carbocycles. The Balaban J connectivity index is 2.38. The van der Waals surface area contributed by atoms with Crippen molar-refractivity contribution in [3.8, 4) is 0 Å². The molecule has 0 aliphatic carbocycles. The van der Waals surface area contributed by atoms with Crippen molar-refractivity contribution < 1.29 is 13.9 Å². The maximum absolute atomic E-state index is 13.1. The van der Waals surface area contributed by atoms with E-state index in [1.54, 1.807) is 6.07 Å². The van der Waals surface area contributed by atoms with Crippen LogP contribution in [0, 0.1) is 9.39 Å². The van der Waals surface area contributed by atoms with Crippen LogP contribution in [0.15, 0.2) is 16.6 Å². The van der Waals surface area contributed by atoms with Gasteiger partial charge in [0.15, 0.2) is 6.29 Å². The number of halogens is 3. The van der Waals surface area contributed by atoms with Gasteiger partial charge in [-0.25, -0.2) is 4.39 Å². The van der Waals surface area contributed by atoms with Gasteiger partial charge in [0.25, 0.3) is 0 Å². The molecule has 76 valence electrons. The fourth-order valence-electron chi connectivity index (χ4n) is 1.26. The number of rotatable bonds is 1. The minimum absolute atomic E-state index is 0.237. The summed E-state index contributed by atoms with van der Waals surface area (Å²) in [7, 11) is 0. The fourth-order valence-corrected chi connectivity index (χ4v) is 2.26. The summed E-state index contributed by atoms with van der Waals surface area (Å²) in [6.07, 6.45) is -0.363. The van der Waals surface area contributed by atoms with Gasteiger partial charge in [-0.2, -0.15) is 0 Å². The SMILES string of the molecule is Fc1ccc(C2OCCO2)c(Br)c1I. The molecule has 1 saturated heterocycles. The molecular weight excluding hydrogens is 366 g/mol. The first-order valence-electron chi connectivity index (χ1n) is 4.07. The molecule has 1 heterocycles. The lowest BCUT2D eigenvalue weighted by molar-refractivity contribution is -0.0447. The lowest BCUT2D eigenvalue weighted by Gasteiger charge is -2.12. The highest BCUT2D eigenvalue weighted by molar-refractivity contribution is 14.1. The summed E-state index contributed by atoms with van der Waals surface area (Å²) in [5.41, 5.74) is 0.841. The average molecular weight is 373 g/mol. The first-order chi connectivity index (χ1) is 6.70. The average Bonchev–Trinajstić information content (AvgIpc) is 2.67. The largest absolute Gasteiger partial charge is 0.346 e. The van der Waals surface area contributed by atoms with Gasteiger partial charge in [-0.15, -0.1) is 0 Å². The molecule has 0 atom stereocenters. The first-order valence-corrected chi connectivity index (χ1v) is 5.94. The zero-order valence-electron chi connectivity index (χ0n) is 7.10. The molecule has 0 unspecified atom stereocenters. The van der Waals surface area contributed by atoms with E-state index in [0.29, 0.717) is 21.3 Å². The number of hydrogen-bond acceptors (Lipinski definition) is 2. The summed E-state index contributed by atoms with van der Waals surface area (Å²) in [6.45, 7) is 1.18. The van der Waals surface area contributed by atoms with Crippen molar-refractivity contribution in [1.82, 2.24) is 0 Å². The molecule has 0 amide bonds. The van der Waals surface area contributed by atoms with E-state index in [0.717, 1.165) is 5.56 Å². The first kappa shape index (κ1) is 10.8. The van der Waals surface area contributed by atoms with Crippen LogP contribution in [0.1, 0.15) is 11.9 Å². The molecule has 1 fully saturated rings. The molecule has 0 bridgehead atoms. The van der Waals surface area contributed by atoms with Gasteiger partial charge in [0, 0.05) is 10.0 Å². The van der Waals surface area contributed by atoms with E-state index in [4.69, 9.17) is 9.47 Å². The predicted molar refractivity (Wildman–Crippen MR) is 61.5 cm³/mol. The van der Waals surface area contributed by atoms with Gasteiger partial charge < -0.3 is 9.47 Å². The molecule has 5 heteroatoms. The van der Waals surface area contributed by atoms with Crippen molar-refractivity contribution in [1.29, 1.82) is 0 Å². The van der Waals surface area contributed by atoms with Crippen LogP contribution in [-0.2, 0) is 9.47 Å². The molecule has 0 radical (unpaired) electrons. The molecule has 0 N–H and O–H groups in total. The van der Waals surface area contributed by atoms with Crippen LogP contribution in [0.5, 0.6) is 0 Å². The highest BCUT2D eigenvalue weighted by atomic mass is 127. The minimum Gasteiger partial charge on any atom is -0.346 e. The second-order valence-electron chi connectivity index (χ2n) is 2.84. The predicted octanol–water partition coefficient (Wildman–Crippen LogP) is 3.24. The molecule has 0 spiro atoms. The van der Waals surface area contributed by atoms with E-state index < -0.39 is 0 Å². The molecule has 0 saturated carbocycles. The fraction of sp³-hybridized carbons (Fsp3) is 0.333. The molecule has 14 heavy (non-hydrogen) atoms. The summed E-state index contributed by atoms with van der Waals surface area (Å²) in [5, 5.41) is 0. The Morgan fingerprint density at radius 1 is 1.36 bits per heavy atom.